The number of hydrogen-bond acceptors (Lipinski definition) is 2. The van der Waals surface area contributed by atoms with Crippen LogP contribution in [0.25, 0.3) is 0 Å². The molecule has 2 nitrogen and oxygen atoms in total. The fourth-order valence-electron chi connectivity index (χ4n) is 1.37. The molecule has 0 bridgehead atoms. The maximum Gasteiger partial charge on any atom is 0.115 e. The second kappa shape index (κ2) is 3.79. The lowest BCUT2D eigenvalue weighted by Gasteiger charge is -2.24. The van der Waals surface area contributed by atoms with Crippen molar-refractivity contribution in [3.05, 3.63) is 29.8 Å². The highest BCUT2D eigenvalue weighted by Crippen LogP contribution is 2.25. The van der Waals surface area contributed by atoms with Gasteiger partial charge in [0.2, 0.25) is 0 Å². The number of phenols is 1. The van der Waals surface area contributed by atoms with Crippen molar-refractivity contribution in [2.24, 2.45) is 0 Å². The van der Waals surface area contributed by atoms with Gasteiger partial charge in [0, 0.05) is 12.5 Å². The Bertz CT molecular complexity index is 279. The molecule has 0 amide bonds. The molecule has 0 saturated carbocycles. The van der Waals surface area contributed by atoms with Crippen LogP contribution in [0.5, 0.6) is 5.75 Å². The van der Waals surface area contributed by atoms with Gasteiger partial charge in [0.05, 0.1) is 6.61 Å². The third kappa shape index (κ3) is 2.46. The van der Waals surface area contributed by atoms with Gasteiger partial charge in [0.25, 0.3) is 0 Å². The molecule has 1 aromatic carbocycles. The molecule has 72 valence electrons. The van der Waals surface area contributed by atoms with Crippen LogP contribution >= 0.6 is 0 Å². The number of rotatable bonds is 3. The third-order valence-corrected chi connectivity index (χ3v) is 2.13. The molecule has 0 atom stereocenters. The first-order valence-electron chi connectivity index (χ1n) is 4.35. The summed E-state index contributed by atoms with van der Waals surface area (Å²) in [5.74, 6) is 0.307. The molecule has 0 aliphatic rings. The minimum atomic E-state index is -0.0481. The van der Waals surface area contributed by atoms with Crippen molar-refractivity contribution < 1.29 is 9.84 Å². The summed E-state index contributed by atoms with van der Waals surface area (Å²) in [6, 6.07) is 7.30. The first-order chi connectivity index (χ1) is 6.06. The number of aromatic hydroxyl groups is 1. The van der Waals surface area contributed by atoms with Gasteiger partial charge in [0.1, 0.15) is 5.75 Å². The molecular formula is C11H16O2. The Morgan fingerprint density at radius 3 is 2.62 bits per heavy atom. The van der Waals surface area contributed by atoms with Crippen LogP contribution in [0.4, 0.5) is 0 Å². The summed E-state index contributed by atoms with van der Waals surface area (Å²) in [4.78, 5) is 0. The van der Waals surface area contributed by atoms with Crippen molar-refractivity contribution in [2.45, 2.75) is 19.3 Å². The van der Waals surface area contributed by atoms with Crippen molar-refractivity contribution in [1.29, 1.82) is 0 Å². The molecule has 1 N–H and O–H groups in total. The van der Waals surface area contributed by atoms with E-state index >= 15 is 0 Å². The molecule has 0 aliphatic carbocycles. The van der Waals surface area contributed by atoms with E-state index in [1.54, 1.807) is 19.2 Å². The van der Waals surface area contributed by atoms with Crippen LogP contribution in [0.3, 0.4) is 0 Å². The molecule has 0 heterocycles. The Balaban J connectivity index is 2.93. The molecule has 0 radical (unpaired) electrons. The Morgan fingerprint density at radius 2 is 2.08 bits per heavy atom. The van der Waals surface area contributed by atoms with Gasteiger partial charge in [-0.15, -0.1) is 0 Å². The van der Waals surface area contributed by atoms with Gasteiger partial charge in [-0.2, -0.15) is 0 Å². The molecule has 1 rings (SSSR count). The van der Waals surface area contributed by atoms with E-state index in [0.717, 1.165) is 5.56 Å². The molecule has 2 heteroatoms. The smallest absolute Gasteiger partial charge is 0.115 e. The number of hydrogen-bond donors (Lipinski definition) is 1. The van der Waals surface area contributed by atoms with Crippen molar-refractivity contribution >= 4 is 0 Å². The normalized spacial score (nSPS) is 11.6. The van der Waals surface area contributed by atoms with E-state index in [1.807, 2.05) is 12.1 Å². The van der Waals surface area contributed by atoms with Crippen LogP contribution in [0, 0.1) is 0 Å². The quantitative estimate of drug-likeness (QED) is 0.773. The summed E-state index contributed by atoms with van der Waals surface area (Å²) in [6.45, 7) is 4.83. The summed E-state index contributed by atoms with van der Waals surface area (Å²) in [6.07, 6.45) is 0. The van der Waals surface area contributed by atoms with Gasteiger partial charge in [-0.1, -0.05) is 26.0 Å². The number of ether oxygens (including phenoxy) is 1. The predicted octanol–water partition coefficient (Wildman–Crippen LogP) is 2.32. The zero-order valence-corrected chi connectivity index (χ0v) is 8.37. The molecule has 0 aromatic heterocycles. The lowest BCUT2D eigenvalue weighted by molar-refractivity contribution is 0.146. The molecule has 0 spiro atoms. The minimum Gasteiger partial charge on any atom is -0.508 e. The van der Waals surface area contributed by atoms with Crippen LogP contribution in [0.1, 0.15) is 19.4 Å². The summed E-state index contributed by atoms with van der Waals surface area (Å²) < 4.78 is 5.12. The van der Waals surface area contributed by atoms with Crippen molar-refractivity contribution in [1.82, 2.24) is 0 Å². The van der Waals surface area contributed by atoms with E-state index in [-0.39, 0.29) is 5.41 Å². The van der Waals surface area contributed by atoms with E-state index in [0.29, 0.717) is 12.4 Å². The fourth-order valence-corrected chi connectivity index (χ4v) is 1.37. The number of benzene rings is 1. The number of phenolic OH excluding ortho intramolecular Hbond substituents is 1. The predicted molar refractivity (Wildman–Crippen MR) is 53.0 cm³/mol. The van der Waals surface area contributed by atoms with Crippen LogP contribution in [-0.4, -0.2) is 18.8 Å². The first kappa shape index (κ1) is 10.1. The van der Waals surface area contributed by atoms with Gasteiger partial charge in [-0.25, -0.2) is 0 Å². The Morgan fingerprint density at radius 1 is 1.38 bits per heavy atom. The third-order valence-electron chi connectivity index (χ3n) is 2.13. The molecule has 0 aliphatic heterocycles. The summed E-state index contributed by atoms with van der Waals surface area (Å²) in [5.41, 5.74) is 1.04. The van der Waals surface area contributed by atoms with E-state index in [1.165, 1.54) is 0 Å². The van der Waals surface area contributed by atoms with E-state index in [9.17, 15) is 5.11 Å². The van der Waals surface area contributed by atoms with Gasteiger partial charge in [0.15, 0.2) is 0 Å². The van der Waals surface area contributed by atoms with E-state index in [4.69, 9.17) is 4.74 Å². The standard InChI is InChI=1S/C11H16O2/c1-11(2,8-13-3)9-5-4-6-10(12)7-9/h4-7,12H,8H2,1-3H3. The van der Waals surface area contributed by atoms with Crippen molar-refractivity contribution in [2.75, 3.05) is 13.7 Å². The first-order valence-corrected chi connectivity index (χ1v) is 4.35. The summed E-state index contributed by atoms with van der Waals surface area (Å²) in [7, 11) is 1.69. The molecule has 1 aromatic rings. The van der Waals surface area contributed by atoms with Gasteiger partial charge in [-0.05, 0) is 17.7 Å². The largest absolute Gasteiger partial charge is 0.508 e. The monoisotopic (exact) mass is 180 g/mol. The lowest BCUT2D eigenvalue weighted by Crippen LogP contribution is -2.23. The average molecular weight is 180 g/mol. The summed E-state index contributed by atoms with van der Waals surface area (Å²) in [5, 5.41) is 9.30. The topological polar surface area (TPSA) is 29.5 Å². The van der Waals surface area contributed by atoms with Crippen LogP contribution in [-0.2, 0) is 10.2 Å². The van der Waals surface area contributed by atoms with Crippen molar-refractivity contribution in [3.8, 4) is 5.75 Å². The lowest BCUT2D eigenvalue weighted by atomic mass is 9.85. The number of methoxy groups -OCH3 is 1. The average Bonchev–Trinajstić information content (AvgIpc) is 2.04. The highest BCUT2D eigenvalue weighted by Gasteiger charge is 2.20. The van der Waals surface area contributed by atoms with Gasteiger partial charge in [-0.3, -0.25) is 0 Å². The van der Waals surface area contributed by atoms with Crippen LogP contribution in [0.15, 0.2) is 24.3 Å². The minimum absolute atomic E-state index is 0.0481. The van der Waals surface area contributed by atoms with Gasteiger partial charge < -0.3 is 9.84 Å². The SMILES string of the molecule is COCC(C)(C)c1cccc(O)c1. The van der Waals surface area contributed by atoms with Crippen LogP contribution < -0.4 is 0 Å². The molecule has 0 unspecified atom stereocenters. The second-order valence-corrected chi connectivity index (χ2v) is 3.87. The van der Waals surface area contributed by atoms with Crippen molar-refractivity contribution in [3.63, 3.8) is 0 Å². The zero-order chi connectivity index (χ0) is 9.90. The fraction of sp³-hybridized carbons (Fsp3) is 0.455. The highest BCUT2D eigenvalue weighted by atomic mass is 16.5. The van der Waals surface area contributed by atoms with Crippen LogP contribution in [0.2, 0.25) is 0 Å². The second-order valence-electron chi connectivity index (χ2n) is 3.87. The van der Waals surface area contributed by atoms with Gasteiger partial charge >= 0.3 is 0 Å². The Hall–Kier alpha value is -1.02. The Labute approximate surface area is 79.2 Å². The molecular weight excluding hydrogens is 164 g/mol. The van der Waals surface area contributed by atoms with E-state index < -0.39 is 0 Å². The molecule has 0 fully saturated rings. The maximum atomic E-state index is 9.30. The molecule has 13 heavy (non-hydrogen) atoms. The summed E-state index contributed by atoms with van der Waals surface area (Å²) >= 11 is 0. The van der Waals surface area contributed by atoms with E-state index in [2.05, 4.69) is 13.8 Å². The Kier molecular flexibility index (Phi) is 2.94. The highest BCUT2D eigenvalue weighted by molar-refractivity contribution is 5.32. The maximum absolute atomic E-state index is 9.30. The molecule has 0 saturated heterocycles. The zero-order valence-electron chi connectivity index (χ0n) is 8.37.